The first kappa shape index (κ1) is 21.2. The summed E-state index contributed by atoms with van der Waals surface area (Å²) < 4.78 is 1.72. The summed E-state index contributed by atoms with van der Waals surface area (Å²) in [5.41, 5.74) is 2.94. The molecule has 8 heteroatoms. The molecule has 2 aromatic heterocycles. The number of piperidine rings is 1. The molecule has 1 aliphatic rings. The molecule has 0 aromatic carbocycles. The van der Waals surface area contributed by atoms with Crippen LogP contribution in [0.1, 0.15) is 56.0 Å². The van der Waals surface area contributed by atoms with Crippen LogP contribution in [0.3, 0.4) is 0 Å². The topological polar surface area (TPSA) is 83.7 Å². The predicted molar refractivity (Wildman–Crippen MR) is 110 cm³/mol. The van der Waals surface area contributed by atoms with Crippen molar-refractivity contribution in [1.29, 1.82) is 0 Å². The van der Waals surface area contributed by atoms with Gasteiger partial charge in [0.1, 0.15) is 6.33 Å². The molecule has 3 rings (SSSR count). The number of unbranched alkanes of at least 4 members (excludes halogenated alkanes) is 1. The molecular formula is C21H32N6O2. The van der Waals surface area contributed by atoms with Crippen molar-refractivity contribution in [3.05, 3.63) is 23.3 Å². The third kappa shape index (κ3) is 4.74. The fraction of sp³-hybridized carbons (Fsp3) is 0.667. The highest BCUT2D eigenvalue weighted by Crippen LogP contribution is 2.21. The van der Waals surface area contributed by atoms with Crippen LogP contribution in [-0.2, 0) is 16.0 Å². The minimum absolute atomic E-state index is 0.0457. The van der Waals surface area contributed by atoms with Gasteiger partial charge in [0, 0.05) is 50.4 Å². The fourth-order valence-corrected chi connectivity index (χ4v) is 4.10. The van der Waals surface area contributed by atoms with Crippen LogP contribution >= 0.6 is 0 Å². The maximum Gasteiger partial charge on any atom is 0.252 e. The Morgan fingerprint density at radius 1 is 1.24 bits per heavy atom. The van der Waals surface area contributed by atoms with Crippen molar-refractivity contribution in [2.75, 3.05) is 26.7 Å². The third-order valence-corrected chi connectivity index (χ3v) is 6.00. The van der Waals surface area contributed by atoms with Gasteiger partial charge in [0.15, 0.2) is 0 Å². The smallest absolute Gasteiger partial charge is 0.252 e. The quantitative estimate of drug-likeness (QED) is 0.711. The van der Waals surface area contributed by atoms with Gasteiger partial charge >= 0.3 is 0 Å². The van der Waals surface area contributed by atoms with Gasteiger partial charge in [-0.05, 0) is 45.1 Å². The number of likely N-dealkylation sites (tertiary alicyclic amines) is 1. The number of aromatic nitrogens is 4. The number of hydrogen-bond donors (Lipinski definition) is 0. The summed E-state index contributed by atoms with van der Waals surface area (Å²) in [6.45, 7) is 8.21. The minimum Gasteiger partial charge on any atom is -0.346 e. The average molecular weight is 401 g/mol. The average Bonchev–Trinajstić information content (AvgIpc) is 3.19. The molecule has 0 atom stereocenters. The molecule has 0 N–H and O–H groups in total. The molecule has 0 unspecified atom stereocenters. The van der Waals surface area contributed by atoms with Crippen LogP contribution < -0.4 is 0 Å². The van der Waals surface area contributed by atoms with Gasteiger partial charge < -0.3 is 9.80 Å². The summed E-state index contributed by atoms with van der Waals surface area (Å²) in [5, 5.41) is 4.21. The summed E-state index contributed by atoms with van der Waals surface area (Å²) in [6.07, 6.45) is 6.21. The van der Waals surface area contributed by atoms with Crippen molar-refractivity contribution in [2.24, 2.45) is 5.92 Å². The summed E-state index contributed by atoms with van der Waals surface area (Å²) in [7, 11) is 1.89. The first-order valence-corrected chi connectivity index (χ1v) is 10.6. The molecule has 158 valence electrons. The summed E-state index contributed by atoms with van der Waals surface area (Å²) in [6, 6.07) is 0. The molecule has 1 saturated heterocycles. The van der Waals surface area contributed by atoms with E-state index in [-0.39, 0.29) is 17.7 Å². The standard InChI is InChI=1S/C21H32N6O2/c1-5-6-11-25(4)20(29)17-9-12-26(13-10-17)19(28)8-7-18-15(2)24-21-22-14-23-27(21)16(18)3/h14,17H,5-13H2,1-4H3. The lowest BCUT2D eigenvalue weighted by atomic mass is 9.94. The highest BCUT2D eigenvalue weighted by atomic mass is 16.2. The van der Waals surface area contributed by atoms with Gasteiger partial charge in [-0.2, -0.15) is 10.1 Å². The first-order valence-electron chi connectivity index (χ1n) is 10.6. The normalized spacial score (nSPS) is 15.1. The van der Waals surface area contributed by atoms with Gasteiger partial charge in [-0.1, -0.05) is 13.3 Å². The zero-order chi connectivity index (χ0) is 21.0. The highest BCUT2D eigenvalue weighted by Gasteiger charge is 2.29. The van der Waals surface area contributed by atoms with E-state index in [0.29, 0.717) is 31.7 Å². The van der Waals surface area contributed by atoms with E-state index in [1.54, 1.807) is 4.52 Å². The van der Waals surface area contributed by atoms with Crippen LogP contribution in [0.15, 0.2) is 6.33 Å². The van der Waals surface area contributed by atoms with Crippen molar-refractivity contribution >= 4 is 17.6 Å². The monoisotopic (exact) mass is 400 g/mol. The van der Waals surface area contributed by atoms with E-state index in [1.165, 1.54) is 6.33 Å². The van der Waals surface area contributed by atoms with Crippen LogP contribution in [-0.4, -0.2) is 67.9 Å². The molecule has 1 aliphatic heterocycles. The van der Waals surface area contributed by atoms with E-state index in [1.807, 2.05) is 30.7 Å². The van der Waals surface area contributed by atoms with Crippen LogP contribution in [0.4, 0.5) is 0 Å². The van der Waals surface area contributed by atoms with Crippen molar-refractivity contribution in [3.63, 3.8) is 0 Å². The molecule has 0 aliphatic carbocycles. The predicted octanol–water partition coefficient (Wildman–Crippen LogP) is 2.17. The third-order valence-electron chi connectivity index (χ3n) is 6.00. The van der Waals surface area contributed by atoms with Crippen molar-refractivity contribution in [2.45, 2.75) is 59.3 Å². The number of amides is 2. The second-order valence-electron chi connectivity index (χ2n) is 8.00. The number of hydrogen-bond acceptors (Lipinski definition) is 5. The Morgan fingerprint density at radius 3 is 2.66 bits per heavy atom. The molecule has 0 saturated carbocycles. The van der Waals surface area contributed by atoms with Crippen molar-refractivity contribution in [1.82, 2.24) is 29.4 Å². The number of carbonyl (C=O) groups excluding carboxylic acids is 2. The van der Waals surface area contributed by atoms with E-state index in [4.69, 9.17) is 0 Å². The molecular weight excluding hydrogens is 368 g/mol. The Kier molecular flexibility index (Phi) is 6.82. The largest absolute Gasteiger partial charge is 0.346 e. The van der Waals surface area contributed by atoms with Crippen molar-refractivity contribution < 1.29 is 9.59 Å². The number of nitrogens with zero attached hydrogens (tertiary/aromatic N) is 6. The summed E-state index contributed by atoms with van der Waals surface area (Å²) in [5.74, 6) is 1.01. The van der Waals surface area contributed by atoms with Crippen LogP contribution in [0.5, 0.6) is 0 Å². The molecule has 29 heavy (non-hydrogen) atoms. The van der Waals surface area contributed by atoms with Gasteiger partial charge in [-0.25, -0.2) is 9.50 Å². The minimum atomic E-state index is 0.0457. The Morgan fingerprint density at radius 2 is 1.97 bits per heavy atom. The lowest BCUT2D eigenvalue weighted by molar-refractivity contribution is -0.139. The van der Waals surface area contributed by atoms with Crippen LogP contribution in [0, 0.1) is 19.8 Å². The zero-order valence-electron chi connectivity index (χ0n) is 18.0. The van der Waals surface area contributed by atoms with E-state index in [9.17, 15) is 9.59 Å². The van der Waals surface area contributed by atoms with E-state index in [2.05, 4.69) is 22.0 Å². The van der Waals surface area contributed by atoms with E-state index >= 15 is 0 Å². The molecule has 1 fully saturated rings. The van der Waals surface area contributed by atoms with Gasteiger partial charge in [-0.15, -0.1) is 0 Å². The molecule has 2 aromatic rings. The maximum absolute atomic E-state index is 12.7. The number of fused-ring (bicyclic) bond motifs is 1. The Balaban J connectivity index is 1.52. The number of aryl methyl sites for hydroxylation is 2. The molecule has 0 radical (unpaired) electrons. The Labute approximate surface area is 172 Å². The van der Waals surface area contributed by atoms with Crippen molar-refractivity contribution in [3.8, 4) is 0 Å². The zero-order valence-corrected chi connectivity index (χ0v) is 18.0. The van der Waals surface area contributed by atoms with E-state index in [0.717, 1.165) is 49.2 Å². The summed E-state index contributed by atoms with van der Waals surface area (Å²) in [4.78, 5) is 37.7. The SMILES string of the molecule is CCCCN(C)C(=O)C1CCN(C(=O)CCc2c(C)nc3ncnn3c2C)CC1. The second-order valence-corrected chi connectivity index (χ2v) is 8.00. The highest BCUT2D eigenvalue weighted by molar-refractivity contribution is 5.80. The number of carbonyl (C=O) groups is 2. The molecule has 3 heterocycles. The molecule has 0 bridgehead atoms. The first-order chi connectivity index (χ1) is 13.9. The van der Waals surface area contributed by atoms with Crippen LogP contribution in [0.2, 0.25) is 0 Å². The Bertz CT molecular complexity index is 869. The van der Waals surface area contributed by atoms with Gasteiger partial charge in [0.05, 0.1) is 0 Å². The lowest BCUT2D eigenvalue weighted by Crippen LogP contribution is -2.43. The Hall–Kier alpha value is -2.51. The van der Waals surface area contributed by atoms with Gasteiger partial charge in [-0.3, -0.25) is 9.59 Å². The fourth-order valence-electron chi connectivity index (χ4n) is 4.10. The molecule has 0 spiro atoms. The maximum atomic E-state index is 12.7. The van der Waals surface area contributed by atoms with Gasteiger partial charge in [0.25, 0.3) is 5.78 Å². The second kappa shape index (κ2) is 9.33. The molecule has 8 nitrogen and oxygen atoms in total. The lowest BCUT2D eigenvalue weighted by Gasteiger charge is -2.33. The summed E-state index contributed by atoms with van der Waals surface area (Å²) >= 11 is 0. The van der Waals surface area contributed by atoms with Crippen LogP contribution in [0.25, 0.3) is 5.78 Å². The van der Waals surface area contributed by atoms with E-state index < -0.39 is 0 Å². The molecule has 2 amide bonds. The number of rotatable bonds is 7. The van der Waals surface area contributed by atoms with Gasteiger partial charge in [0.2, 0.25) is 11.8 Å².